The summed E-state index contributed by atoms with van der Waals surface area (Å²) in [6.45, 7) is 3.71. The number of rotatable bonds is 4. The van der Waals surface area contributed by atoms with Gasteiger partial charge in [0.1, 0.15) is 5.60 Å². The number of urea groups is 1. The summed E-state index contributed by atoms with van der Waals surface area (Å²) in [5.41, 5.74) is -0.402. The molecule has 1 saturated carbocycles. The van der Waals surface area contributed by atoms with Crippen molar-refractivity contribution in [1.82, 2.24) is 20.2 Å². The van der Waals surface area contributed by atoms with E-state index in [1.165, 1.54) is 0 Å². The molecule has 0 unspecified atom stereocenters. The molecule has 2 N–H and O–H groups in total. The van der Waals surface area contributed by atoms with E-state index in [0.29, 0.717) is 50.8 Å². The van der Waals surface area contributed by atoms with Crippen molar-refractivity contribution < 1.29 is 14.3 Å². The van der Waals surface area contributed by atoms with Gasteiger partial charge in [0.25, 0.3) is 0 Å². The topological polar surface area (TPSA) is 88.6 Å². The Hall–Kier alpha value is -1.93. The first-order chi connectivity index (χ1) is 12.2. The molecule has 1 spiro atoms. The highest BCUT2D eigenvalue weighted by Gasteiger charge is 2.44. The molecule has 1 aromatic heterocycles. The number of ether oxygens (including phenoxy) is 2. The fourth-order valence-electron chi connectivity index (χ4n) is 3.48. The van der Waals surface area contributed by atoms with Crippen LogP contribution in [0.2, 0.25) is 0 Å². The molecule has 136 valence electrons. The third kappa shape index (κ3) is 4.19. The van der Waals surface area contributed by atoms with Crippen LogP contribution in [0.4, 0.5) is 10.7 Å². The van der Waals surface area contributed by atoms with Gasteiger partial charge < -0.3 is 25.0 Å². The largest absolute Gasteiger partial charge is 0.377 e. The zero-order valence-electron chi connectivity index (χ0n) is 14.3. The van der Waals surface area contributed by atoms with Gasteiger partial charge >= 0.3 is 6.03 Å². The van der Waals surface area contributed by atoms with Crippen LogP contribution in [-0.2, 0) is 9.47 Å². The summed E-state index contributed by atoms with van der Waals surface area (Å²) < 4.78 is 11.9. The lowest BCUT2D eigenvalue weighted by molar-refractivity contribution is -0.0530. The van der Waals surface area contributed by atoms with E-state index in [1.807, 2.05) is 4.90 Å². The molecule has 8 heteroatoms. The first-order valence-electron chi connectivity index (χ1n) is 9.00. The molecule has 3 aliphatic rings. The Morgan fingerprint density at radius 1 is 1.36 bits per heavy atom. The molecule has 2 aliphatic heterocycles. The number of nitrogens with zero attached hydrogens (tertiary/aromatic N) is 3. The summed E-state index contributed by atoms with van der Waals surface area (Å²) in [7, 11) is 0. The summed E-state index contributed by atoms with van der Waals surface area (Å²) in [4.78, 5) is 22.6. The molecule has 3 fully saturated rings. The van der Waals surface area contributed by atoms with E-state index in [0.717, 1.165) is 25.8 Å². The van der Waals surface area contributed by atoms with Gasteiger partial charge in [0, 0.05) is 37.4 Å². The highest BCUT2D eigenvalue weighted by molar-refractivity contribution is 5.75. The van der Waals surface area contributed by atoms with Gasteiger partial charge in [-0.25, -0.2) is 14.8 Å². The smallest absolute Gasteiger partial charge is 0.317 e. The quantitative estimate of drug-likeness (QED) is 0.840. The normalized spacial score (nSPS) is 29.4. The van der Waals surface area contributed by atoms with Gasteiger partial charge in [0.05, 0.1) is 26.4 Å². The maximum atomic E-state index is 12.4. The van der Waals surface area contributed by atoms with E-state index in [4.69, 9.17) is 9.47 Å². The number of hydrogen-bond donors (Lipinski definition) is 2. The van der Waals surface area contributed by atoms with Crippen LogP contribution in [0.1, 0.15) is 19.3 Å². The molecule has 2 amide bonds. The first-order valence-corrected chi connectivity index (χ1v) is 9.00. The third-order valence-corrected chi connectivity index (χ3v) is 4.94. The number of nitrogens with one attached hydrogen (secondary N) is 2. The Bertz CT molecular complexity index is 597. The van der Waals surface area contributed by atoms with Gasteiger partial charge in [0.15, 0.2) is 0 Å². The van der Waals surface area contributed by atoms with Crippen molar-refractivity contribution in [2.45, 2.75) is 30.9 Å². The highest BCUT2D eigenvalue weighted by Crippen LogP contribution is 2.33. The second-order valence-corrected chi connectivity index (χ2v) is 7.22. The Morgan fingerprint density at radius 3 is 3.00 bits per heavy atom. The monoisotopic (exact) mass is 347 g/mol. The van der Waals surface area contributed by atoms with Gasteiger partial charge in [0.2, 0.25) is 5.95 Å². The lowest BCUT2D eigenvalue weighted by Crippen LogP contribution is -2.50. The number of aromatic nitrogens is 2. The van der Waals surface area contributed by atoms with Crippen molar-refractivity contribution in [3.8, 4) is 0 Å². The number of anilines is 1. The summed E-state index contributed by atoms with van der Waals surface area (Å²) >= 11 is 0. The van der Waals surface area contributed by atoms with E-state index in [-0.39, 0.29) is 6.03 Å². The number of hydrogen-bond acceptors (Lipinski definition) is 6. The fraction of sp³-hybridized carbons (Fsp3) is 0.706. The molecule has 8 nitrogen and oxygen atoms in total. The van der Waals surface area contributed by atoms with Crippen LogP contribution >= 0.6 is 0 Å². The van der Waals surface area contributed by atoms with E-state index >= 15 is 0 Å². The first kappa shape index (κ1) is 16.5. The van der Waals surface area contributed by atoms with Crippen LogP contribution in [0.25, 0.3) is 0 Å². The molecule has 1 aliphatic carbocycles. The van der Waals surface area contributed by atoms with Crippen LogP contribution in [0.5, 0.6) is 0 Å². The van der Waals surface area contributed by atoms with Gasteiger partial charge in [-0.3, -0.25) is 0 Å². The molecule has 1 aromatic rings. The third-order valence-electron chi connectivity index (χ3n) is 4.94. The maximum absolute atomic E-state index is 12.4. The molecule has 0 radical (unpaired) electrons. The summed E-state index contributed by atoms with van der Waals surface area (Å²) in [5.74, 6) is 0.977. The molecule has 25 heavy (non-hydrogen) atoms. The number of carbonyl (C=O) groups is 1. The minimum atomic E-state index is -0.402. The molecule has 2 saturated heterocycles. The summed E-state index contributed by atoms with van der Waals surface area (Å²) in [5, 5.41) is 6.32. The highest BCUT2D eigenvalue weighted by atomic mass is 16.5. The Balaban J connectivity index is 1.33. The molecule has 2 atom stereocenters. The van der Waals surface area contributed by atoms with E-state index < -0.39 is 5.60 Å². The second-order valence-electron chi connectivity index (χ2n) is 7.22. The number of amides is 2. The molecule has 0 bridgehead atoms. The minimum absolute atomic E-state index is 0.00948. The van der Waals surface area contributed by atoms with Crippen molar-refractivity contribution in [1.29, 1.82) is 0 Å². The van der Waals surface area contributed by atoms with Crippen LogP contribution in [0.3, 0.4) is 0 Å². The zero-order valence-corrected chi connectivity index (χ0v) is 14.3. The fourth-order valence-corrected chi connectivity index (χ4v) is 3.48. The lowest BCUT2D eigenvalue weighted by atomic mass is 9.94. The molecule has 0 aromatic carbocycles. The van der Waals surface area contributed by atoms with Crippen molar-refractivity contribution in [2.24, 2.45) is 5.92 Å². The van der Waals surface area contributed by atoms with E-state index in [9.17, 15) is 4.79 Å². The molecule has 3 heterocycles. The van der Waals surface area contributed by atoms with Gasteiger partial charge in [-0.2, -0.15) is 0 Å². The SMILES string of the molecule is O=C(NC1CC1)N1CCOC[C@@]2(C[C@@H](CNc3ncccn3)CO2)C1. The van der Waals surface area contributed by atoms with Crippen molar-refractivity contribution in [3.05, 3.63) is 18.5 Å². The van der Waals surface area contributed by atoms with Crippen LogP contribution < -0.4 is 10.6 Å². The second kappa shape index (κ2) is 7.13. The minimum Gasteiger partial charge on any atom is -0.377 e. The maximum Gasteiger partial charge on any atom is 0.317 e. The van der Waals surface area contributed by atoms with Crippen LogP contribution in [-0.4, -0.2) is 72.0 Å². The predicted octanol–water partition coefficient (Wildman–Crippen LogP) is 0.868. The van der Waals surface area contributed by atoms with Crippen LogP contribution in [0, 0.1) is 5.92 Å². The Kier molecular flexibility index (Phi) is 4.72. The van der Waals surface area contributed by atoms with Gasteiger partial charge in [-0.05, 0) is 25.3 Å². The standard InChI is InChI=1S/C17H25N5O3/c23-16(21-14-2-3-14)22-6-7-24-12-17(11-22)8-13(10-25-17)9-20-15-18-4-1-5-19-15/h1,4-5,13-14H,2-3,6-12H2,(H,21,23)(H,18,19,20)/t13-,17+/m0/s1. The van der Waals surface area contributed by atoms with Gasteiger partial charge in [-0.1, -0.05) is 0 Å². The van der Waals surface area contributed by atoms with Crippen LogP contribution in [0.15, 0.2) is 18.5 Å². The average Bonchev–Trinajstić information content (AvgIpc) is 3.38. The lowest BCUT2D eigenvalue weighted by Gasteiger charge is -2.31. The summed E-state index contributed by atoms with van der Waals surface area (Å²) in [6, 6.07) is 2.17. The van der Waals surface area contributed by atoms with Crippen molar-refractivity contribution in [3.63, 3.8) is 0 Å². The summed E-state index contributed by atoms with van der Waals surface area (Å²) in [6.07, 6.45) is 6.48. The number of carbonyl (C=O) groups excluding carboxylic acids is 1. The zero-order chi connectivity index (χ0) is 17.1. The molecule has 4 rings (SSSR count). The van der Waals surface area contributed by atoms with E-state index in [2.05, 4.69) is 20.6 Å². The van der Waals surface area contributed by atoms with E-state index in [1.54, 1.807) is 18.5 Å². The van der Waals surface area contributed by atoms with Crippen molar-refractivity contribution >= 4 is 12.0 Å². The molecular formula is C17H25N5O3. The van der Waals surface area contributed by atoms with Crippen molar-refractivity contribution in [2.75, 3.05) is 44.8 Å². The van der Waals surface area contributed by atoms with Gasteiger partial charge in [-0.15, -0.1) is 0 Å². The Labute approximate surface area is 147 Å². The predicted molar refractivity (Wildman–Crippen MR) is 91.3 cm³/mol. The Morgan fingerprint density at radius 2 is 2.20 bits per heavy atom. The molecular weight excluding hydrogens is 322 g/mol. The average molecular weight is 347 g/mol.